The first-order valence-corrected chi connectivity index (χ1v) is 8.23. The van der Waals surface area contributed by atoms with Gasteiger partial charge in [0.05, 0.1) is 13.2 Å². The summed E-state index contributed by atoms with van der Waals surface area (Å²) in [6.45, 7) is 8.50. The maximum atomic E-state index is 5.91. The van der Waals surface area contributed by atoms with Crippen molar-refractivity contribution in [3.05, 3.63) is 29.8 Å². The van der Waals surface area contributed by atoms with Crippen LogP contribution in [0.25, 0.3) is 0 Å². The largest absolute Gasteiger partial charge is 0.493 e. The zero-order valence-corrected chi connectivity index (χ0v) is 17.8. The van der Waals surface area contributed by atoms with Crippen molar-refractivity contribution in [1.82, 2.24) is 10.6 Å². The monoisotopic (exact) mass is 449 g/mol. The Morgan fingerprint density at radius 1 is 1.21 bits per heavy atom. The highest BCUT2D eigenvalue weighted by Crippen LogP contribution is 2.18. The van der Waals surface area contributed by atoms with Crippen LogP contribution in [0, 0.1) is 5.92 Å². The number of hydrogen-bond donors (Lipinski definition) is 2. The van der Waals surface area contributed by atoms with Gasteiger partial charge in [0.1, 0.15) is 5.75 Å². The van der Waals surface area contributed by atoms with Crippen LogP contribution in [-0.2, 0) is 11.3 Å². The van der Waals surface area contributed by atoms with Crippen molar-refractivity contribution in [2.24, 2.45) is 10.9 Å². The van der Waals surface area contributed by atoms with Crippen molar-refractivity contribution in [1.29, 1.82) is 0 Å². The van der Waals surface area contributed by atoms with E-state index in [1.54, 1.807) is 14.2 Å². The Hall–Kier alpha value is -1.02. The van der Waals surface area contributed by atoms with Gasteiger partial charge in [0.15, 0.2) is 5.96 Å². The third-order valence-electron chi connectivity index (χ3n) is 3.40. The minimum absolute atomic E-state index is 0. The van der Waals surface area contributed by atoms with Crippen LogP contribution >= 0.6 is 24.0 Å². The summed E-state index contributed by atoms with van der Waals surface area (Å²) in [4.78, 5) is 4.24. The Morgan fingerprint density at radius 3 is 2.54 bits per heavy atom. The molecule has 0 aliphatic heterocycles. The molecular formula is C18H32IN3O2. The Kier molecular flexibility index (Phi) is 12.7. The van der Waals surface area contributed by atoms with E-state index in [1.165, 1.54) is 0 Å². The van der Waals surface area contributed by atoms with Gasteiger partial charge in [0, 0.05) is 32.3 Å². The maximum Gasteiger partial charge on any atom is 0.191 e. The van der Waals surface area contributed by atoms with E-state index in [4.69, 9.17) is 9.47 Å². The topological polar surface area (TPSA) is 54.9 Å². The second-order valence-electron chi connectivity index (χ2n) is 6.07. The van der Waals surface area contributed by atoms with Crippen LogP contribution in [-0.4, -0.2) is 39.4 Å². The van der Waals surface area contributed by atoms with Crippen molar-refractivity contribution in [3.8, 4) is 5.75 Å². The number of rotatable bonds is 9. The number of guanidine groups is 1. The highest BCUT2D eigenvalue weighted by molar-refractivity contribution is 14.0. The lowest BCUT2D eigenvalue weighted by molar-refractivity contribution is 0.179. The number of ether oxygens (including phenoxy) is 2. The summed E-state index contributed by atoms with van der Waals surface area (Å²) in [5.41, 5.74) is 1.12. The molecule has 2 N–H and O–H groups in total. The van der Waals surface area contributed by atoms with E-state index in [9.17, 15) is 0 Å². The molecule has 1 aromatic rings. The summed E-state index contributed by atoms with van der Waals surface area (Å²) >= 11 is 0. The lowest BCUT2D eigenvalue weighted by Gasteiger charge is -2.18. The van der Waals surface area contributed by atoms with Gasteiger partial charge in [-0.15, -0.1) is 24.0 Å². The Bertz CT molecular complexity index is 481. The molecule has 1 aromatic carbocycles. The van der Waals surface area contributed by atoms with E-state index in [0.29, 0.717) is 19.1 Å². The molecule has 1 unspecified atom stereocenters. The molecule has 0 saturated carbocycles. The molecule has 1 rings (SSSR count). The fraction of sp³-hybridized carbons (Fsp3) is 0.611. The predicted molar refractivity (Wildman–Crippen MR) is 111 cm³/mol. The van der Waals surface area contributed by atoms with Gasteiger partial charge in [-0.2, -0.15) is 0 Å². The van der Waals surface area contributed by atoms with Gasteiger partial charge >= 0.3 is 0 Å². The van der Waals surface area contributed by atoms with Crippen LogP contribution in [0.4, 0.5) is 0 Å². The zero-order chi connectivity index (χ0) is 17.1. The maximum absolute atomic E-state index is 5.91. The SMILES string of the molecule is CN=C(NCc1ccccc1OCCC(C)C)NC(C)COC.I. The third kappa shape index (κ3) is 9.32. The number of benzene rings is 1. The molecule has 0 fully saturated rings. The van der Waals surface area contributed by atoms with Gasteiger partial charge < -0.3 is 20.1 Å². The van der Waals surface area contributed by atoms with Gasteiger partial charge in [0.2, 0.25) is 0 Å². The van der Waals surface area contributed by atoms with Crippen LogP contribution < -0.4 is 15.4 Å². The molecule has 0 heterocycles. The van der Waals surface area contributed by atoms with Crippen LogP contribution in [0.3, 0.4) is 0 Å². The summed E-state index contributed by atoms with van der Waals surface area (Å²) in [6.07, 6.45) is 1.06. The van der Waals surface area contributed by atoms with Crippen LogP contribution in [0.1, 0.15) is 32.8 Å². The number of nitrogens with zero attached hydrogens (tertiary/aromatic N) is 1. The molecule has 0 aliphatic carbocycles. The van der Waals surface area contributed by atoms with Crippen molar-refractivity contribution in [2.45, 2.75) is 39.8 Å². The van der Waals surface area contributed by atoms with Gasteiger partial charge in [0.25, 0.3) is 0 Å². The Morgan fingerprint density at radius 2 is 1.92 bits per heavy atom. The average molecular weight is 449 g/mol. The molecule has 0 spiro atoms. The fourth-order valence-corrected chi connectivity index (χ4v) is 2.09. The summed E-state index contributed by atoms with van der Waals surface area (Å²) < 4.78 is 11.0. The molecule has 6 heteroatoms. The van der Waals surface area contributed by atoms with Gasteiger partial charge in [-0.3, -0.25) is 4.99 Å². The fourth-order valence-electron chi connectivity index (χ4n) is 2.09. The number of para-hydroxylation sites is 1. The van der Waals surface area contributed by atoms with Crippen molar-refractivity contribution in [3.63, 3.8) is 0 Å². The van der Waals surface area contributed by atoms with Crippen LogP contribution in [0.5, 0.6) is 5.75 Å². The standard InChI is InChI=1S/C18H31N3O2.HI/c1-14(2)10-11-23-17-9-7-6-8-16(17)12-20-18(19-4)21-15(3)13-22-5;/h6-9,14-15H,10-13H2,1-5H3,(H2,19,20,21);1H. The molecule has 1 atom stereocenters. The van der Waals surface area contributed by atoms with E-state index >= 15 is 0 Å². The third-order valence-corrected chi connectivity index (χ3v) is 3.40. The molecule has 0 saturated heterocycles. The number of aliphatic imine (C=N–C) groups is 1. The van der Waals surface area contributed by atoms with Crippen LogP contribution in [0.15, 0.2) is 29.3 Å². The number of halogens is 1. The molecule has 0 aromatic heterocycles. The van der Waals surface area contributed by atoms with Crippen molar-refractivity contribution < 1.29 is 9.47 Å². The van der Waals surface area contributed by atoms with Crippen LogP contribution in [0.2, 0.25) is 0 Å². The number of methoxy groups -OCH3 is 1. The molecular weight excluding hydrogens is 417 g/mol. The number of nitrogens with one attached hydrogen (secondary N) is 2. The summed E-state index contributed by atoms with van der Waals surface area (Å²) in [7, 11) is 3.46. The molecule has 5 nitrogen and oxygen atoms in total. The summed E-state index contributed by atoms with van der Waals surface area (Å²) in [5, 5.41) is 6.61. The molecule has 24 heavy (non-hydrogen) atoms. The minimum atomic E-state index is 0. The summed E-state index contributed by atoms with van der Waals surface area (Å²) in [6, 6.07) is 8.31. The molecule has 0 amide bonds. The van der Waals surface area contributed by atoms with Gasteiger partial charge in [-0.1, -0.05) is 32.0 Å². The highest BCUT2D eigenvalue weighted by atomic mass is 127. The van der Waals surface area contributed by atoms with Gasteiger partial charge in [-0.05, 0) is 25.3 Å². The summed E-state index contributed by atoms with van der Waals surface area (Å²) in [5.74, 6) is 2.33. The first-order chi connectivity index (χ1) is 11.1. The zero-order valence-electron chi connectivity index (χ0n) is 15.5. The van der Waals surface area contributed by atoms with E-state index in [1.807, 2.05) is 18.2 Å². The van der Waals surface area contributed by atoms with Gasteiger partial charge in [-0.25, -0.2) is 0 Å². The van der Waals surface area contributed by atoms with Crippen molar-refractivity contribution in [2.75, 3.05) is 27.4 Å². The predicted octanol–water partition coefficient (Wildman–Crippen LogP) is 3.43. The Labute approximate surface area is 163 Å². The quantitative estimate of drug-likeness (QED) is 0.345. The average Bonchev–Trinajstić information content (AvgIpc) is 2.52. The normalized spacial score (nSPS) is 12.5. The lowest BCUT2D eigenvalue weighted by Crippen LogP contribution is -2.43. The number of hydrogen-bond acceptors (Lipinski definition) is 3. The van der Waals surface area contributed by atoms with E-state index in [0.717, 1.165) is 30.3 Å². The van der Waals surface area contributed by atoms with E-state index < -0.39 is 0 Å². The molecule has 138 valence electrons. The second-order valence-corrected chi connectivity index (χ2v) is 6.07. The first-order valence-electron chi connectivity index (χ1n) is 8.23. The minimum Gasteiger partial charge on any atom is -0.493 e. The van der Waals surface area contributed by atoms with E-state index in [-0.39, 0.29) is 30.0 Å². The second kappa shape index (κ2) is 13.3. The highest BCUT2D eigenvalue weighted by Gasteiger charge is 2.07. The molecule has 0 aliphatic rings. The molecule has 0 radical (unpaired) electrons. The Balaban J connectivity index is 0.00000529. The smallest absolute Gasteiger partial charge is 0.191 e. The van der Waals surface area contributed by atoms with E-state index in [2.05, 4.69) is 42.5 Å². The molecule has 0 bridgehead atoms. The van der Waals surface area contributed by atoms with Crippen molar-refractivity contribution >= 4 is 29.9 Å². The first kappa shape index (κ1) is 23.0. The lowest BCUT2D eigenvalue weighted by atomic mass is 10.1.